The van der Waals surface area contributed by atoms with Crippen LogP contribution in [0.15, 0.2) is 36.4 Å². The van der Waals surface area contributed by atoms with Gasteiger partial charge in [-0.15, -0.1) is 0 Å². The number of anilines is 1. The van der Waals surface area contributed by atoms with Crippen LogP contribution in [0.5, 0.6) is 0 Å². The van der Waals surface area contributed by atoms with Crippen LogP contribution in [0.2, 0.25) is 0 Å². The van der Waals surface area contributed by atoms with Gasteiger partial charge in [-0.2, -0.15) is 0 Å². The highest BCUT2D eigenvalue weighted by molar-refractivity contribution is 6.06. The van der Waals surface area contributed by atoms with Crippen molar-refractivity contribution >= 4 is 22.5 Å². The first-order valence-electron chi connectivity index (χ1n) is 7.20. The van der Waals surface area contributed by atoms with Gasteiger partial charge in [0.2, 0.25) is 0 Å². The minimum Gasteiger partial charge on any atom is -0.348 e. The fourth-order valence-corrected chi connectivity index (χ4v) is 2.69. The van der Waals surface area contributed by atoms with E-state index in [0.717, 1.165) is 40.4 Å². The van der Waals surface area contributed by atoms with Gasteiger partial charge in [0.15, 0.2) is 0 Å². The maximum Gasteiger partial charge on any atom is 0.255 e. The summed E-state index contributed by atoms with van der Waals surface area (Å²) in [4.78, 5) is 12.3. The Bertz CT molecular complexity index is 928. The zero-order valence-corrected chi connectivity index (χ0v) is 13.1. The Hall–Kier alpha value is -2.69. The molecule has 0 aliphatic rings. The Morgan fingerprint density at radius 1 is 1.09 bits per heavy atom. The fraction of sp³-hybridized carbons (Fsp3) is 0.167. The Balaban J connectivity index is 1.98. The molecule has 118 valence electrons. The second kappa shape index (κ2) is 5.50. The predicted octanol–water partition coefficient (Wildman–Crippen LogP) is 4.33. The molecule has 3 nitrogen and oxygen atoms in total. The zero-order valence-electron chi connectivity index (χ0n) is 13.1. The van der Waals surface area contributed by atoms with E-state index in [1.54, 1.807) is 12.1 Å². The van der Waals surface area contributed by atoms with E-state index in [1.165, 1.54) is 0 Å². The van der Waals surface area contributed by atoms with E-state index in [4.69, 9.17) is 0 Å². The quantitative estimate of drug-likeness (QED) is 0.751. The van der Waals surface area contributed by atoms with Crippen molar-refractivity contribution in [3.8, 4) is 0 Å². The Morgan fingerprint density at radius 3 is 2.57 bits per heavy atom. The number of fused-ring (bicyclic) bond motifs is 1. The van der Waals surface area contributed by atoms with E-state index in [1.807, 2.05) is 27.0 Å². The molecule has 0 spiro atoms. The van der Waals surface area contributed by atoms with Crippen molar-refractivity contribution in [2.45, 2.75) is 13.8 Å². The summed E-state index contributed by atoms with van der Waals surface area (Å²) in [6.45, 7) is 4.00. The second-order valence-corrected chi connectivity index (χ2v) is 5.58. The molecule has 23 heavy (non-hydrogen) atoms. The predicted molar refractivity (Wildman–Crippen MR) is 86.7 cm³/mol. The summed E-state index contributed by atoms with van der Waals surface area (Å²) >= 11 is 0. The lowest BCUT2D eigenvalue weighted by Crippen LogP contribution is -2.13. The summed E-state index contributed by atoms with van der Waals surface area (Å²) in [7, 11) is 1.96. The van der Waals surface area contributed by atoms with Crippen LogP contribution < -0.4 is 5.32 Å². The highest BCUT2D eigenvalue weighted by Crippen LogP contribution is 2.25. The number of rotatable bonds is 2. The number of benzene rings is 2. The smallest absolute Gasteiger partial charge is 0.255 e. The standard InChI is InChI=1S/C18H16F2N2O/c1-10-11(2)22(3)17-7-4-12(8-14(10)17)18(23)21-16-9-13(19)5-6-15(16)20/h4-9H,1-3H3,(H,21,23). The molecular weight excluding hydrogens is 298 g/mol. The van der Waals surface area contributed by atoms with Crippen LogP contribution in [0.1, 0.15) is 21.6 Å². The van der Waals surface area contributed by atoms with Crippen LogP contribution in [0.25, 0.3) is 10.9 Å². The molecule has 3 aromatic rings. The van der Waals surface area contributed by atoms with Gasteiger partial charge in [-0.25, -0.2) is 8.78 Å². The third kappa shape index (κ3) is 2.59. The molecule has 0 aliphatic carbocycles. The van der Waals surface area contributed by atoms with E-state index in [9.17, 15) is 13.6 Å². The first kappa shape index (κ1) is 15.2. The number of nitrogens with zero attached hydrogens (tertiary/aromatic N) is 1. The number of nitrogens with one attached hydrogen (secondary N) is 1. The SMILES string of the molecule is Cc1c(C)n(C)c2ccc(C(=O)Nc3cc(F)ccc3F)cc12. The van der Waals surface area contributed by atoms with Gasteiger partial charge >= 0.3 is 0 Å². The lowest BCUT2D eigenvalue weighted by Gasteiger charge is -2.07. The molecule has 0 unspecified atom stereocenters. The van der Waals surface area contributed by atoms with E-state index in [2.05, 4.69) is 9.88 Å². The Kier molecular flexibility index (Phi) is 3.64. The molecule has 0 radical (unpaired) electrons. The molecule has 1 heterocycles. The number of carbonyl (C=O) groups excluding carboxylic acids is 1. The summed E-state index contributed by atoms with van der Waals surface area (Å²) in [6, 6.07) is 8.25. The topological polar surface area (TPSA) is 34.0 Å². The van der Waals surface area contributed by atoms with Gasteiger partial charge in [-0.1, -0.05) is 0 Å². The van der Waals surface area contributed by atoms with Gasteiger partial charge in [-0.3, -0.25) is 4.79 Å². The van der Waals surface area contributed by atoms with E-state index in [0.29, 0.717) is 5.56 Å². The van der Waals surface area contributed by atoms with Crippen LogP contribution in [0, 0.1) is 25.5 Å². The van der Waals surface area contributed by atoms with Gasteiger partial charge in [-0.05, 0) is 49.7 Å². The number of amides is 1. The van der Waals surface area contributed by atoms with Crippen molar-refractivity contribution in [2.24, 2.45) is 7.05 Å². The van der Waals surface area contributed by atoms with Crippen molar-refractivity contribution in [3.63, 3.8) is 0 Å². The number of carbonyl (C=O) groups is 1. The van der Waals surface area contributed by atoms with Gasteiger partial charge in [0.1, 0.15) is 11.6 Å². The second-order valence-electron chi connectivity index (χ2n) is 5.58. The summed E-state index contributed by atoms with van der Waals surface area (Å²) in [5.74, 6) is -1.75. The van der Waals surface area contributed by atoms with Crippen LogP contribution in [-0.4, -0.2) is 10.5 Å². The highest BCUT2D eigenvalue weighted by Gasteiger charge is 2.14. The van der Waals surface area contributed by atoms with E-state index in [-0.39, 0.29) is 5.69 Å². The van der Waals surface area contributed by atoms with Crippen LogP contribution in [0.4, 0.5) is 14.5 Å². The van der Waals surface area contributed by atoms with Crippen molar-refractivity contribution < 1.29 is 13.6 Å². The number of halogens is 2. The average molecular weight is 314 g/mol. The molecule has 0 bridgehead atoms. The average Bonchev–Trinajstić information content (AvgIpc) is 2.75. The van der Waals surface area contributed by atoms with Gasteiger partial charge in [0, 0.05) is 35.3 Å². The van der Waals surface area contributed by atoms with Crippen LogP contribution in [-0.2, 0) is 7.05 Å². The normalized spacial score (nSPS) is 11.0. The third-order valence-corrected chi connectivity index (χ3v) is 4.25. The summed E-state index contributed by atoms with van der Waals surface area (Å²) < 4.78 is 28.9. The van der Waals surface area contributed by atoms with Crippen molar-refractivity contribution in [1.82, 2.24) is 4.57 Å². The summed E-state index contributed by atoms with van der Waals surface area (Å²) in [6.07, 6.45) is 0. The van der Waals surface area contributed by atoms with Gasteiger partial charge < -0.3 is 9.88 Å². The first-order chi connectivity index (χ1) is 10.9. The Morgan fingerprint density at radius 2 is 1.83 bits per heavy atom. The molecule has 1 N–H and O–H groups in total. The molecule has 0 saturated heterocycles. The number of aryl methyl sites for hydroxylation is 2. The molecule has 3 rings (SSSR count). The largest absolute Gasteiger partial charge is 0.348 e. The van der Waals surface area contributed by atoms with Crippen molar-refractivity contribution in [1.29, 1.82) is 0 Å². The highest BCUT2D eigenvalue weighted by atomic mass is 19.1. The van der Waals surface area contributed by atoms with Gasteiger partial charge in [0.05, 0.1) is 5.69 Å². The lowest BCUT2D eigenvalue weighted by atomic mass is 10.1. The summed E-state index contributed by atoms with van der Waals surface area (Å²) in [5.41, 5.74) is 3.46. The first-order valence-corrected chi connectivity index (χ1v) is 7.20. The molecule has 5 heteroatoms. The van der Waals surface area contributed by atoms with Crippen molar-refractivity contribution in [2.75, 3.05) is 5.32 Å². The minimum absolute atomic E-state index is 0.170. The zero-order chi connectivity index (χ0) is 16.7. The molecule has 2 aromatic carbocycles. The minimum atomic E-state index is -0.674. The Labute approximate surface area is 132 Å². The summed E-state index contributed by atoms with van der Waals surface area (Å²) in [5, 5.41) is 3.38. The molecule has 0 saturated carbocycles. The third-order valence-electron chi connectivity index (χ3n) is 4.25. The molecular formula is C18H16F2N2O. The van der Waals surface area contributed by atoms with E-state index >= 15 is 0 Å². The number of hydrogen-bond donors (Lipinski definition) is 1. The molecule has 1 aromatic heterocycles. The number of hydrogen-bond acceptors (Lipinski definition) is 1. The van der Waals surface area contributed by atoms with Crippen LogP contribution in [0.3, 0.4) is 0 Å². The fourth-order valence-electron chi connectivity index (χ4n) is 2.69. The lowest BCUT2D eigenvalue weighted by molar-refractivity contribution is 0.102. The monoisotopic (exact) mass is 314 g/mol. The van der Waals surface area contributed by atoms with E-state index < -0.39 is 17.5 Å². The maximum atomic E-state index is 13.6. The number of aromatic nitrogens is 1. The molecule has 0 fully saturated rings. The maximum absolute atomic E-state index is 13.6. The van der Waals surface area contributed by atoms with Crippen molar-refractivity contribution in [3.05, 3.63) is 64.9 Å². The molecule has 1 amide bonds. The van der Waals surface area contributed by atoms with Gasteiger partial charge in [0.25, 0.3) is 5.91 Å². The molecule has 0 atom stereocenters. The molecule has 0 aliphatic heterocycles. The van der Waals surface area contributed by atoms with Crippen LogP contribution >= 0.6 is 0 Å².